The molecule has 460 valence electrons. The van der Waals surface area contributed by atoms with E-state index in [-0.39, 0.29) is 0 Å². The molecule has 23 aliphatic heterocycles. The summed E-state index contributed by atoms with van der Waals surface area (Å²) in [7, 11) is 0. The molecule has 0 aliphatic carbocycles. The van der Waals surface area contributed by atoms with Crippen molar-refractivity contribution in [2.45, 2.75) is 214 Å². The zero-order valence-electron chi connectivity index (χ0n) is 41.1. The molecule has 23 saturated heterocycles. The molecule has 23 aliphatic rings. The molecular weight excluding hydrogens is 1090 g/mol. The van der Waals surface area contributed by atoms with E-state index in [1.54, 1.807) is 0 Å². The molecule has 37 heteroatoms. The van der Waals surface area contributed by atoms with Crippen molar-refractivity contribution in [3.8, 4) is 0 Å². The predicted molar refractivity (Wildman–Crippen MR) is 233 cm³/mol. The van der Waals surface area contributed by atoms with Gasteiger partial charge in [-0.1, -0.05) is 0 Å². The van der Waals surface area contributed by atoms with Crippen LogP contribution in [0.5, 0.6) is 0 Å². The number of rotatable bonds is 9. The van der Waals surface area contributed by atoms with Gasteiger partial charge in [0, 0.05) is 0 Å². The van der Waals surface area contributed by atoms with Crippen molar-refractivity contribution in [2.75, 3.05) is 46.2 Å². The molecule has 0 saturated carbocycles. The number of aliphatic hydroxyl groups excluding tert-OH is 20. The third kappa shape index (κ3) is 11.8. The van der Waals surface area contributed by atoms with Gasteiger partial charge >= 0.3 is 5.97 Å². The smallest absolute Gasteiger partial charge is 0.329 e. The Morgan fingerprint density at radius 3 is 0.772 bits per heavy atom. The van der Waals surface area contributed by atoms with Gasteiger partial charge in [0.2, 0.25) is 5.72 Å². The first kappa shape index (κ1) is 63.5. The Hall–Kier alpha value is -1.48. The fourth-order valence-electron chi connectivity index (χ4n) is 10.5. The van der Waals surface area contributed by atoms with E-state index < -0.39 is 260 Å². The number of hydrogen-bond donors (Lipinski definition) is 23. The quantitative estimate of drug-likeness (QED) is 0.0953. The highest BCUT2D eigenvalue weighted by Crippen LogP contribution is 2.42. The molecule has 35 atom stereocenters. The van der Waals surface area contributed by atoms with Crippen LogP contribution in [0.2, 0.25) is 0 Å². The summed E-state index contributed by atoms with van der Waals surface area (Å²) in [6.07, 6.45) is -70.9. The molecule has 23 heterocycles. The monoisotopic (exact) mass is 1170 g/mol. The minimum Gasteiger partial charge on any atom is -0.394 e. The molecule has 1 unspecified atom stereocenters. The predicted octanol–water partition coefficient (Wildman–Crippen LogP) is -16.6. The second-order valence-electron chi connectivity index (χ2n) is 20.1. The highest BCUT2D eigenvalue weighted by Gasteiger charge is 2.67. The largest absolute Gasteiger partial charge is 0.394 e. The Morgan fingerprint density at radius 1 is 0.291 bits per heavy atom. The number of aliphatic hydroxyl groups is 22. The van der Waals surface area contributed by atoms with Crippen LogP contribution in [0.3, 0.4) is 0 Å². The second-order valence-corrected chi connectivity index (χ2v) is 20.1. The molecule has 23 rings (SSSR count). The van der Waals surface area contributed by atoms with Crippen LogP contribution in [0.4, 0.5) is 0 Å². The normalized spacial score (nSPS) is 56.0. The van der Waals surface area contributed by atoms with Gasteiger partial charge in [-0.3, -0.25) is 5.73 Å². The minimum absolute atomic E-state index is 1.05. The maximum atomic E-state index is 12.1. The van der Waals surface area contributed by atoms with Crippen LogP contribution in [0.1, 0.15) is 0 Å². The topological polar surface area (TPSA) is 600 Å². The lowest BCUT2D eigenvalue weighted by Gasteiger charge is -2.54. The number of hydrogen-bond acceptors (Lipinski definition) is 37. The molecule has 23 fully saturated rings. The van der Waals surface area contributed by atoms with Gasteiger partial charge in [0.05, 0.1) is 46.2 Å². The zero-order valence-corrected chi connectivity index (χ0v) is 41.1. The van der Waals surface area contributed by atoms with Crippen LogP contribution < -0.4 is 5.73 Å². The molecular formula is C42H71NO36. The lowest BCUT2D eigenvalue weighted by Crippen LogP contribution is -2.79. The summed E-state index contributed by atoms with van der Waals surface area (Å²) < 4.78 is 79.6. The van der Waals surface area contributed by atoms with Gasteiger partial charge in [-0.25, -0.2) is 0 Å². The lowest BCUT2D eigenvalue weighted by atomic mass is 9.91. The Labute approximate surface area is 444 Å². The summed E-state index contributed by atoms with van der Waals surface area (Å²) in [6, 6.07) is 0. The standard InChI is InChI=1S/C42H71NO36/c43-41(64)34(63)15(51)8(1-44)78-42(41,65)79-33-26(62)40-71-14(7-50)32(33)77-39-25(61)20(56)30(12(5-48)70-39)75-37-23(59)18(54)28(10(3-46)68-37)73-35-21(57)16(52)27(9(2-45)66-35)72-36-22(58)17(53)29(11(4-47)67-36)74-38-24(60)19(55)31(76-40)13(6-49)69-38/h8-40,44-65H,1-7,43H2/t8-,9-,10-,11-,12-,13-,14-,15-,16-,17-,18-,19-,20-,21-,22-,23-,24-,25-,26-,27-,28-,29-,30-,31-,32+,33-,34+,35-,36-,37-,38-,39-,40-,41-,42?/m1/s1. The second kappa shape index (κ2) is 25.6. The summed E-state index contributed by atoms with van der Waals surface area (Å²) in [5, 5.41) is 243. The van der Waals surface area contributed by atoms with Crippen molar-refractivity contribution in [2.24, 2.45) is 5.73 Å². The van der Waals surface area contributed by atoms with Gasteiger partial charge in [-0.05, 0) is 0 Å². The van der Waals surface area contributed by atoms with Crippen LogP contribution in [-0.2, 0) is 66.3 Å². The fourth-order valence-corrected chi connectivity index (χ4v) is 10.5. The average molecular weight is 1170 g/mol. The molecule has 0 aromatic rings. The van der Waals surface area contributed by atoms with E-state index in [1.807, 2.05) is 0 Å². The van der Waals surface area contributed by atoms with Gasteiger partial charge in [0.15, 0.2) is 37.7 Å². The van der Waals surface area contributed by atoms with Crippen LogP contribution in [0.15, 0.2) is 0 Å². The van der Waals surface area contributed by atoms with Crippen LogP contribution >= 0.6 is 0 Å². The van der Waals surface area contributed by atoms with Crippen LogP contribution in [0.25, 0.3) is 0 Å². The van der Waals surface area contributed by atoms with Crippen molar-refractivity contribution >= 4 is 0 Å². The van der Waals surface area contributed by atoms with Gasteiger partial charge in [-0.2, -0.15) is 0 Å². The van der Waals surface area contributed by atoms with E-state index in [9.17, 15) is 112 Å². The minimum atomic E-state index is -3.86. The molecule has 0 aromatic carbocycles. The molecule has 24 N–H and O–H groups in total. The number of nitrogens with two attached hydrogens (primary N) is 1. The maximum absolute atomic E-state index is 12.1. The first-order chi connectivity index (χ1) is 37.3. The van der Waals surface area contributed by atoms with Gasteiger partial charge in [-0.15, -0.1) is 0 Å². The molecule has 37 nitrogen and oxygen atoms in total. The van der Waals surface area contributed by atoms with Crippen molar-refractivity contribution in [3.05, 3.63) is 0 Å². The van der Waals surface area contributed by atoms with Gasteiger partial charge < -0.3 is 179 Å². The summed E-state index contributed by atoms with van der Waals surface area (Å²) in [5.41, 5.74) is 2.21. The van der Waals surface area contributed by atoms with E-state index in [0.29, 0.717) is 0 Å². The zero-order chi connectivity index (χ0) is 57.9. The van der Waals surface area contributed by atoms with E-state index in [0.717, 1.165) is 0 Å². The molecule has 0 radical (unpaired) electrons. The van der Waals surface area contributed by atoms with Crippen molar-refractivity contribution in [3.63, 3.8) is 0 Å². The Morgan fingerprint density at radius 2 is 0.519 bits per heavy atom. The van der Waals surface area contributed by atoms with E-state index in [2.05, 4.69) is 0 Å². The number of ether oxygens (including phenoxy) is 14. The highest BCUT2D eigenvalue weighted by molar-refractivity contribution is 5.05. The van der Waals surface area contributed by atoms with Crippen molar-refractivity contribution in [1.29, 1.82) is 0 Å². The fraction of sp³-hybridized carbons (Fsp3) is 1.00. The molecule has 0 amide bonds. The van der Waals surface area contributed by atoms with Gasteiger partial charge in [0.1, 0.15) is 165 Å². The summed E-state index contributed by atoms with van der Waals surface area (Å²) in [5.74, 6) is -3.86. The third-order valence-electron chi connectivity index (χ3n) is 15.1. The van der Waals surface area contributed by atoms with Gasteiger partial charge in [0.25, 0.3) is 0 Å². The summed E-state index contributed by atoms with van der Waals surface area (Å²) >= 11 is 0. The Kier molecular flexibility index (Phi) is 20.6. The van der Waals surface area contributed by atoms with Crippen molar-refractivity contribution in [1.82, 2.24) is 0 Å². The average Bonchev–Trinajstić information content (AvgIpc) is 3.60. The first-order valence-electron chi connectivity index (χ1n) is 24.9. The van der Waals surface area contributed by atoms with E-state index >= 15 is 0 Å². The SMILES string of the molecule is N[C@@]1(O)[C@@H](O)[C@H](O)[C@@H](CO)OC1(O)O[C@@H]1[C@@H](O)[C@H]2O[C@H]3[C@H](O)[C@@H](O)[C@@H](O[C@H]4[C@H](O)[C@@H](O)[C@@H](O[C@H]5[C@H](O)[C@@H](O)[C@@H](O[C@H]6[C@H](O)[C@@H](O)[C@@H](O[C@H]7[C@H](O)[C@@H](O)[C@@H](O[C@H]1[C@@H](CO)O2)O[C@@H]7CO)O[C@@H]6CO)O[C@@H]5CO)O[C@@H]4CO)O[C@@H]3CO. The first-order valence-corrected chi connectivity index (χ1v) is 24.9. The molecule has 0 aromatic heterocycles. The Bertz CT molecular complexity index is 1930. The highest BCUT2D eigenvalue weighted by atomic mass is 16.9. The lowest BCUT2D eigenvalue weighted by molar-refractivity contribution is -0.504. The van der Waals surface area contributed by atoms with Crippen molar-refractivity contribution < 1.29 is 179 Å². The third-order valence-corrected chi connectivity index (χ3v) is 15.1. The molecule has 12 bridgehead atoms. The van der Waals surface area contributed by atoms with Crippen LogP contribution in [0, 0.1) is 0 Å². The molecule has 79 heavy (non-hydrogen) atoms. The summed E-state index contributed by atoms with van der Waals surface area (Å²) in [6.45, 7) is -8.00. The summed E-state index contributed by atoms with van der Waals surface area (Å²) in [4.78, 5) is 0. The van der Waals surface area contributed by atoms with Crippen LogP contribution in [-0.4, -0.2) is 373 Å². The Balaban J connectivity index is 1.16. The van der Waals surface area contributed by atoms with E-state index in [1.165, 1.54) is 0 Å². The van der Waals surface area contributed by atoms with E-state index in [4.69, 9.17) is 72.0 Å². The maximum Gasteiger partial charge on any atom is 0.329 e. The molecule has 0 spiro atoms.